The van der Waals surface area contributed by atoms with Gasteiger partial charge in [0.2, 0.25) is 0 Å². The van der Waals surface area contributed by atoms with Crippen LogP contribution in [0.5, 0.6) is 0 Å². The lowest BCUT2D eigenvalue weighted by atomic mass is 9.92. The van der Waals surface area contributed by atoms with Gasteiger partial charge in [0.25, 0.3) is 0 Å². The summed E-state index contributed by atoms with van der Waals surface area (Å²) in [7, 11) is 0. The smallest absolute Gasteiger partial charge is 0.407 e. The van der Waals surface area contributed by atoms with Crippen LogP contribution in [-0.2, 0) is 14.3 Å². The maximum Gasteiger partial charge on any atom is 0.407 e. The highest BCUT2D eigenvalue weighted by Crippen LogP contribution is 2.21. The van der Waals surface area contributed by atoms with E-state index in [4.69, 9.17) is 14.6 Å². The molecule has 6 heteroatoms. The number of hydrogen-bond acceptors (Lipinski definition) is 4. The molecule has 0 saturated heterocycles. The predicted octanol–water partition coefficient (Wildman–Crippen LogP) is 1.92. The first kappa shape index (κ1) is 15.8. The number of carboxylic acids is 1. The van der Waals surface area contributed by atoms with Crippen molar-refractivity contribution in [2.75, 3.05) is 6.61 Å². The van der Waals surface area contributed by atoms with Crippen LogP contribution in [-0.4, -0.2) is 41.5 Å². The van der Waals surface area contributed by atoms with Crippen LogP contribution in [0, 0.1) is 0 Å². The normalized spacial score (nSPS) is 23.7. The second-order valence-electron chi connectivity index (χ2n) is 5.78. The van der Waals surface area contributed by atoms with E-state index in [0.717, 1.165) is 25.7 Å². The molecule has 1 aliphatic rings. The van der Waals surface area contributed by atoms with Gasteiger partial charge in [0.15, 0.2) is 0 Å². The molecule has 1 saturated carbocycles. The van der Waals surface area contributed by atoms with Crippen molar-refractivity contribution in [3.05, 3.63) is 0 Å². The zero-order valence-corrected chi connectivity index (χ0v) is 11.8. The first-order chi connectivity index (χ1) is 8.78. The Morgan fingerprint density at radius 2 is 1.89 bits per heavy atom. The van der Waals surface area contributed by atoms with Crippen molar-refractivity contribution in [1.29, 1.82) is 0 Å². The van der Waals surface area contributed by atoms with Gasteiger partial charge in [0.05, 0.1) is 12.1 Å². The SMILES string of the molecule is CC(C)(C)OC(=O)N[C@@H]1CCCC[C@H]1OCC(=O)O. The van der Waals surface area contributed by atoms with E-state index in [2.05, 4.69) is 5.32 Å². The first-order valence-electron chi connectivity index (χ1n) is 6.61. The van der Waals surface area contributed by atoms with Crippen LogP contribution in [0.1, 0.15) is 46.5 Å². The monoisotopic (exact) mass is 273 g/mol. The number of hydrogen-bond donors (Lipinski definition) is 2. The summed E-state index contributed by atoms with van der Waals surface area (Å²) in [6, 6.07) is -0.178. The minimum absolute atomic E-state index is 0.178. The molecule has 0 heterocycles. The van der Waals surface area contributed by atoms with E-state index in [1.165, 1.54) is 0 Å². The zero-order valence-electron chi connectivity index (χ0n) is 11.8. The number of carbonyl (C=O) groups excluding carboxylic acids is 1. The Bertz CT molecular complexity index is 323. The van der Waals surface area contributed by atoms with Crippen molar-refractivity contribution in [1.82, 2.24) is 5.32 Å². The van der Waals surface area contributed by atoms with Crippen LogP contribution < -0.4 is 5.32 Å². The molecular weight excluding hydrogens is 250 g/mol. The molecule has 0 aromatic carbocycles. The Hall–Kier alpha value is -1.30. The Kier molecular flexibility index (Phi) is 5.60. The van der Waals surface area contributed by atoms with Gasteiger partial charge < -0.3 is 19.9 Å². The third-order valence-corrected chi connectivity index (χ3v) is 2.83. The molecule has 1 fully saturated rings. The lowest BCUT2D eigenvalue weighted by molar-refractivity contribution is -0.145. The molecule has 0 unspecified atom stereocenters. The average molecular weight is 273 g/mol. The number of alkyl carbamates (subject to hydrolysis) is 1. The van der Waals surface area contributed by atoms with Crippen molar-refractivity contribution >= 4 is 12.1 Å². The number of ether oxygens (including phenoxy) is 2. The summed E-state index contributed by atoms with van der Waals surface area (Å²) in [5.41, 5.74) is -0.545. The summed E-state index contributed by atoms with van der Waals surface area (Å²) < 4.78 is 10.5. The molecule has 1 rings (SSSR count). The van der Waals surface area contributed by atoms with E-state index in [1.54, 1.807) is 20.8 Å². The van der Waals surface area contributed by atoms with Crippen LogP contribution >= 0.6 is 0 Å². The fraction of sp³-hybridized carbons (Fsp3) is 0.846. The molecule has 0 aromatic heterocycles. The fourth-order valence-corrected chi connectivity index (χ4v) is 2.10. The molecule has 2 N–H and O–H groups in total. The molecule has 0 aliphatic heterocycles. The van der Waals surface area contributed by atoms with E-state index in [0.29, 0.717) is 0 Å². The summed E-state index contributed by atoms with van der Waals surface area (Å²) in [5.74, 6) is -0.999. The summed E-state index contributed by atoms with van der Waals surface area (Å²) in [6.07, 6.45) is 2.78. The highest BCUT2D eigenvalue weighted by molar-refractivity contribution is 5.68. The van der Waals surface area contributed by atoms with Gasteiger partial charge in [0, 0.05) is 0 Å². The van der Waals surface area contributed by atoms with Gasteiger partial charge in [-0.05, 0) is 33.6 Å². The number of nitrogens with one attached hydrogen (secondary N) is 1. The Balaban J connectivity index is 2.47. The van der Waals surface area contributed by atoms with Gasteiger partial charge in [-0.25, -0.2) is 9.59 Å². The van der Waals surface area contributed by atoms with Crippen molar-refractivity contribution in [3.8, 4) is 0 Å². The summed E-state index contributed by atoms with van der Waals surface area (Å²) in [6.45, 7) is 5.06. The highest BCUT2D eigenvalue weighted by atomic mass is 16.6. The minimum atomic E-state index is -0.999. The maximum atomic E-state index is 11.7. The second-order valence-corrected chi connectivity index (χ2v) is 5.78. The summed E-state index contributed by atoms with van der Waals surface area (Å²) in [5, 5.41) is 11.4. The molecule has 6 nitrogen and oxygen atoms in total. The van der Waals surface area contributed by atoms with E-state index in [9.17, 15) is 9.59 Å². The number of amides is 1. The second kappa shape index (κ2) is 6.75. The Morgan fingerprint density at radius 3 is 2.47 bits per heavy atom. The quantitative estimate of drug-likeness (QED) is 0.817. The molecule has 19 heavy (non-hydrogen) atoms. The van der Waals surface area contributed by atoms with Crippen molar-refractivity contribution in [2.45, 2.75) is 64.2 Å². The van der Waals surface area contributed by atoms with Gasteiger partial charge in [-0.1, -0.05) is 12.8 Å². The molecule has 0 bridgehead atoms. The van der Waals surface area contributed by atoms with Gasteiger partial charge in [-0.15, -0.1) is 0 Å². The molecule has 0 aromatic rings. The zero-order chi connectivity index (χ0) is 14.5. The van der Waals surface area contributed by atoms with E-state index in [1.807, 2.05) is 0 Å². The number of carboxylic acid groups (broad SMARTS) is 1. The van der Waals surface area contributed by atoms with Crippen LogP contribution in [0.15, 0.2) is 0 Å². The number of carbonyl (C=O) groups is 2. The first-order valence-corrected chi connectivity index (χ1v) is 6.61. The lowest BCUT2D eigenvalue weighted by Gasteiger charge is -2.32. The van der Waals surface area contributed by atoms with Gasteiger partial charge in [-0.3, -0.25) is 0 Å². The van der Waals surface area contributed by atoms with Crippen LogP contribution in [0.2, 0.25) is 0 Å². The predicted molar refractivity (Wildman–Crippen MR) is 69.0 cm³/mol. The molecule has 1 amide bonds. The fourth-order valence-electron chi connectivity index (χ4n) is 2.10. The third-order valence-electron chi connectivity index (χ3n) is 2.83. The van der Waals surface area contributed by atoms with Crippen LogP contribution in [0.25, 0.3) is 0 Å². The van der Waals surface area contributed by atoms with Crippen molar-refractivity contribution < 1.29 is 24.2 Å². The molecule has 110 valence electrons. The van der Waals surface area contributed by atoms with E-state index >= 15 is 0 Å². The lowest BCUT2D eigenvalue weighted by Crippen LogP contribution is -2.48. The molecular formula is C13H23NO5. The van der Waals surface area contributed by atoms with Crippen molar-refractivity contribution in [3.63, 3.8) is 0 Å². The maximum absolute atomic E-state index is 11.7. The number of aliphatic carboxylic acids is 1. The standard InChI is InChI=1S/C13H23NO5/c1-13(2,3)19-12(17)14-9-6-4-5-7-10(9)18-8-11(15)16/h9-10H,4-8H2,1-3H3,(H,14,17)(H,15,16)/t9-,10-/m1/s1. The summed E-state index contributed by atoms with van der Waals surface area (Å²) >= 11 is 0. The van der Waals surface area contributed by atoms with E-state index in [-0.39, 0.29) is 18.8 Å². The minimum Gasteiger partial charge on any atom is -0.480 e. The number of rotatable bonds is 4. The average Bonchev–Trinajstić information content (AvgIpc) is 2.25. The van der Waals surface area contributed by atoms with E-state index < -0.39 is 17.7 Å². The van der Waals surface area contributed by atoms with Gasteiger partial charge >= 0.3 is 12.1 Å². The van der Waals surface area contributed by atoms with Gasteiger partial charge in [0.1, 0.15) is 12.2 Å². The van der Waals surface area contributed by atoms with Crippen molar-refractivity contribution in [2.24, 2.45) is 0 Å². The highest BCUT2D eigenvalue weighted by Gasteiger charge is 2.29. The Labute approximate surface area is 113 Å². The topological polar surface area (TPSA) is 84.9 Å². The summed E-state index contributed by atoms with van der Waals surface area (Å²) in [4.78, 5) is 22.2. The third kappa shape index (κ3) is 6.42. The molecule has 0 radical (unpaired) electrons. The molecule has 1 aliphatic carbocycles. The van der Waals surface area contributed by atoms with Crippen LogP contribution in [0.3, 0.4) is 0 Å². The van der Waals surface area contributed by atoms with Gasteiger partial charge in [-0.2, -0.15) is 0 Å². The largest absolute Gasteiger partial charge is 0.480 e. The molecule has 2 atom stereocenters. The Morgan fingerprint density at radius 1 is 1.26 bits per heavy atom. The van der Waals surface area contributed by atoms with Crippen LogP contribution in [0.4, 0.5) is 4.79 Å². The molecule has 0 spiro atoms.